The maximum absolute atomic E-state index is 12.6. The van der Waals surface area contributed by atoms with Crippen LogP contribution in [0.5, 0.6) is 0 Å². The van der Waals surface area contributed by atoms with Crippen LogP contribution < -0.4 is 5.32 Å². The predicted molar refractivity (Wildman–Crippen MR) is 82.0 cm³/mol. The normalized spacial score (nSPS) is 21.7. The topological polar surface area (TPSA) is 49.4 Å². The molecule has 4 nitrogen and oxygen atoms in total. The first-order valence-electron chi connectivity index (χ1n) is 6.49. The van der Waals surface area contributed by atoms with Crippen LogP contribution in [0.1, 0.15) is 19.8 Å². The zero-order chi connectivity index (χ0) is 13.9. The molecule has 1 atom stereocenters. The lowest BCUT2D eigenvalue weighted by molar-refractivity contribution is 0.261. The molecule has 2 heterocycles. The van der Waals surface area contributed by atoms with Crippen LogP contribution in [0, 0.1) is 5.92 Å². The van der Waals surface area contributed by atoms with E-state index in [0.29, 0.717) is 27.7 Å². The molecule has 7 heteroatoms. The Hall–Kier alpha value is 0.0500. The highest BCUT2D eigenvalue weighted by Crippen LogP contribution is 2.32. The number of hydrogen-bond donors (Lipinski definition) is 1. The highest BCUT2D eigenvalue weighted by atomic mass is 79.9. The number of nitrogens with zero attached hydrogens (tertiary/aromatic N) is 1. The Kier molecular flexibility index (Phi) is 5.42. The van der Waals surface area contributed by atoms with Crippen LogP contribution in [0.4, 0.5) is 0 Å². The largest absolute Gasteiger partial charge is 0.317 e. The van der Waals surface area contributed by atoms with Gasteiger partial charge in [0.05, 0.1) is 0 Å². The van der Waals surface area contributed by atoms with Crippen molar-refractivity contribution in [1.29, 1.82) is 0 Å². The second-order valence-electron chi connectivity index (χ2n) is 4.73. The van der Waals surface area contributed by atoms with Crippen molar-refractivity contribution in [2.45, 2.75) is 24.0 Å². The Morgan fingerprint density at radius 3 is 3.00 bits per heavy atom. The van der Waals surface area contributed by atoms with Crippen molar-refractivity contribution >= 4 is 37.3 Å². The molecule has 19 heavy (non-hydrogen) atoms. The van der Waals surface area contributed by atoms with E-state index in [0.717, 1.165) is 25.9 Å². The van der Waals surface area contributed by atoms with Crippen molar-refractivity contribution < 1.29 is 8.42 Å². The van der Waals surface area contributed by atoms with Crippen molar-refractivity contribution in [3.05, 3.63) is 15.9 Å². The fraction of sp³-hybridized carbons (Fsp3) is 0.667. The molecule has 0 spiro atoms. The minimum absolute atomic E-state index is 0.419. The van der Waals surface area contributed by atoms with Gasteiger partial charge in [-0.2, -0.15) is 4.31 Å². The summed E-state index contributed by atoms with van der Waals surface area (Å²) in [5, 5.41) is 5.11. The summed E-state index contributed by atoms with van der Waals surface area (Å²) in [5.74, 6) is 0.419. The van der Waals surface area contributed by atoms with Crippen LogP contribution in [0.3, 0.4) is 0 Å². The molecule has 2 rings (SSSR count). The van der Waals surface area contributed by atoms with Crippen LogP contribution in [-0.2, 0) is 10.0 Å². The average molecular weight is 367 g/mol. The Balaban J connectivity index is 2.10. The van der Waals surface area contributed by atoms with E-state index in [1.54, 1.807) is 15.8 Å². The summed E-state index contributed by atoms with van der Waals surface area (Å²) in [6.45, 7) is 5.16. The van der Waals surface area contributed by atoms with Crippen LogP contribution in [0.15, 0.2) is 20.1 Å². The van der Waals surface area contributed by atoms with E-state index >= 15 is 0 Å². The molecule has 108 valence electrons. The SMILES string of the molecule is CCNCC1CCCN(S(=O)(=O)c2sccc2Br)C1. The average Bonchev–Trinajstić information content (AvgIpc) is 2.84. The molecule has 1 aromatic heterocycles. The van der Waals surface area contributed by atoms with Gasteiger partial charge in [-0.25, -0.2) is 8.42 Å². The maximum atomic E-state index is 12.6. The molecule has 0 amide bonds. The Labute approximate surface area is 127 Å². The summed E-state index contributed by atoms with van der Waals surface area (Å²) >= 11 is 4.60. The molecule has 1 aliphatic rings. The monoisotopic (exact) mass is 366 g/mol. The number of halogens is 1. The van der Waals surface area contributed by atoms with Gasteiger partial charge in [0, 0.05) is 17.6 Å². The van der Waals surface area contributed by atoms with Gasteiger partial charge in [0.1, 0.15) is 4.21 Å². The highest BCUT2D eigenvalue weighted by Gasteiger charge is 2.32. The maximum Gasteiger partial charge on any atom is 0.253 e. The molecular formula is C12H19BrN2O2S2. The molecule has 1 N–H and O–H groups in total. The second-order valence-corrected chi connectivity index (χ2v) is 8.64. The van der Waals surface area contributed by atoms with Crippen LogP contribution in [0.2, 0.25) is 0 Å². The number of piperidine rings is 1. The molecule has 1 saturated heterocycles. The summed E-state index contributed by atoms with van der Waals surface area (Å²) in [6, 6.07) is 1.79. The van der Waals surface area contributed by atoms with Gasteiger partial charge < -0.3 is 5.32 Å². The van der Waals surface area contributed by atoms with Gasteiger partial charge in [-0.1, -0.05) is 6.92 Å². The molecule has 0 bridgehead atoms. The van der Waals surface area contributed by atoms with Crippen LogP contribution in [0.25, 0.3) is 0 Å². The van der Waals surface area contributed by atoms with Crippen LogP contribution >= 0.6 is 27.3 Å². The molecule has 0 radical (unpaired) electrons. The van der Waals surface area contributed by atoms with Crippen molar-refractivity contribution in [2.75, 3.05) is 26.2 Å². The van der Waals surface area contributed by atoms with Crippen molar-refractivity contribution in [3.63, 3.8) is 0 Å². The first kappa shape index (κ1) is 15.4. The molecule has 0 aromatic carbocycles. The summed E-state index contributed by atoms with van der Waals surface area (Å²) < 4.78 is 27.9. The van der Waals surface area contributed by atoms with E-state index in [1.165, 1.54) is 11.3 Å². The third-order valence-electron chi connectivity index (χ3n) is 3.32. The van der Waals surface area contributed by atoms with Gasteiger partial charge in [0.25, 0.3) is 10.0 Å². The lowest BCUT2D eigenvalue weighted by Gasteiger charge is -2.31. The molecule has 1 aromatic rings. The molecule has 1 unspecified atom stereocenters. The fourth-order valence-corrected chi connectivity index (χ4v) is 6.35. The lowest BCUT2D eigenvalue weighted by atomic mass is 10.00. The first-order chi connectivity index (χ1) is 9.05. The number of nitrogens with one attached hydrogen (secondary N) is 1. The minimum atomic E-state index is -3.33. The zero-order valence-corrected chi connectivity index (χ0v) is 14.2. The van der Waals surface area contributed by atoms with E-state index in [9.17, 15) is 8.42 Å². The predicted octanol–water partition coefficient (Wildman–Crippen LogP) is 2.52. The van der Waals surface area contributed by atoms with Crippen molar-refractivity contribution in [2.24, 2.45) is 5.92 Å². The van der Waals surface area contributed by atoms with Gasteiger partial charge >= 0.3 is 0 Å². The number of thiophene rings is 1. The molecular weight excluding hydrogens is 348 g/mol. The standard InChI is InChI=1S/C12H19BrN2O2S2/c1-2-14-8-10-4-3-6-15(9-10)19(16,17)12-11(13)5-7-18-12/h5,7,10,14H,2-4,6,8-9H2,1H3. The number of rotatable bonds is 5. The number of hydrogen-bond acceptors (Lipinski definition) is 4. The minimum Gasteiger partial charge on any atom is -0.317 e. The van der Waals surface area contributed by atoms with Gasteiger partial charge in [-0.15, -0.1) is 11.3 Å². The Morgan fingerprint density at radius 1 is 1.58 bits per heavy atom. The summed E-state index contributed by atoms with van der Waals surface area (Å²) in [4.78, 5) is 0. The van der Waals surface area contributed by atoms with E-state index in [4.69, 9.17) is 0 Å². The lowest BCUT2D eigenvalue weighted by Crippen LogP contribution is -2.42. The summed E-state index contributed by atoms with van der Waals surface area (Å²) in [5.41, 5.74) is 0. The van der Waals surface area contributed by atoms with Crippen molar-refractivity contribution in [3.8, 4) is 0 Å². The molecule has 1 fully saturated rings. The molecule has 0 aliphatic carbocycles. The third-order valence-corrected chi connectivity index (χ3v) is 7.84. The third kappa shape index (κ3) is 3.58. The van der Waals surface area contributed by atoms with Gasteiger partial charge in [-0.05, 0) is 59.2 Å². The van der Waals surface area contributed by atoms with E-state index in [1.807, 2.05) is 0 Å². The summed E-state index contributed by atoms with van der Waals surface area (Å²) in [6.07, 6.45) is 2.04. The Bertz CT molecular complexity index is 516. The first-order valence-corrected chi connectivity index (χ1v) is 9.60. The second kappa shape index (κ2) is 6.67. The Morgan fingerprint density at radius 2 is 2.37 bits per heavy atom. The summed E-state index contributed by atoms with van der Waals surface area (Å²) in [7, 11) is -3.33. The smallest absolute Gasteiger partial charge is 0.253 e. The molecule has 0 saturated carbocycles. The van der Waals surface area contributed by atoms with Gasteiger partial charge in [-0.3, -0.25) is 0 Å². The molecule has 1 aliphatic heterocycles. The quantitative estimate of drug-likeness (QED) is 0.870. The van der Waals surface area contributed by atoms with Gasteiger partial charge in [0.15, 0.2) is 0 Å². The van der Waals surface area contributed by atoms with E-state index in [2.05, 4.69) is 28.2 Å². The van der Waals surface area contributed by atoms with Gasteiger partial charge in [0.2, 0.25) is 0 Å². The number of sulfonamides is 1. The fourth-order valence-electron chi connectivity index (χ4n) is 2.34. The van der Waals surface area contributed by atoms with E-state index < -0.39 is 10.0 Å². The highest BCUT2D eigenvalue weighted by molar-refractivity contribution is 9.10. The van der Waals surface area contributed by atoms with Crippen LogP contribution in [-0.4, -0.2) is 38.9 Å². The van der Waals surface area contributed by atoms with Crippen molar-refractivity contribution in [1.82, 2.24) is 9.62 Å². The zero-order valence-electron chi connectivity index (χ0n) is 10.9. The van der Waals surface area contributed by atoms with E-state index in [-0.39, 0.29) is 0 Å².